The molecule has 0 amide bonds. The number of aliphatic imine (C=N–C) groups is 1. The molecule has 0 spiro atoms. The second-order valence-electron chi connectivity index (χ2n) is 15.4. The van der Waals surface area contributed by atoms with E-state index in [-0.39, 0.29) is 11.3 Å². The summed E-state index contributed by atoms with van der Waals surface area (Å²) < 4.78 is 12.6. The fourth-order valence-corrected chi connectivity index (χ4v) is 9.08. The summed E-state index contributed by atoms with van der Waals surface area (Å²) in [6.45, 7) is 6.84. The number of hydrogen-bond donors (Lipinski definition) is 0. The molecule has 0 aliphatic heterocycles. The lowest BCUT2D eigenvalue weighted by Gasteiger charge is -2.51. The standard InChI is InChI=1S/C47H49NO4/c1-33-28-29-40(45(2,3)39-27-16-23-34-18-14-15-26-38(34)39)41(32-33)52-44(50)47(37-24-12-7-13-25-37,46(30-17-31-46)43(49)51-4)48-42(35-19-8-5-9-20-35)36-21-10-6-11-22-36/h5-16,18-27,33,40-41H,17,28-32H2,1-4H3/t33-,40-,41-,47-/m1/s1. The minimum absolute atomic E-state index is 0.0362. The monoisotopic (exact) mass is 691 g/mol. The molecule has 5 heteroatoms. The molecule has 0 unspecified atom stereocenters. The third-order valence-electron chi connectivity index (χ3n) is 12.1. The molecule has 2 fully saturated rings. The van der Waals surface area contributed by atoms with Gasteiger partial charge in [-0.25, -0.2) is 4.79 Å². The van der Waals surface area contributed by atoms with Gasteiger partial charge in [-0.1, -0.05) is 167 Å². The average molecular weight is 692 g/mol. The zero-order valence-electron chi connectivity index (χ0n) is 30.8. The van der Waals surface area contributed by atoms with E-state index in [9.17, 15) is 4.79 Å². The van der Waals surface area contributed by atoms with Gasteiger partial charge in [0.15, 0.2) is 5.54 Å². The molecule has 0 N–H and O–H groups in total. The van der Waals surface area contributed by atoms with Gasteiger partial charge in [-0.05, 0) is 58.9 Å². The van der Waals surface area contributed by atoms with E-state index in [1.165, 1.54) is 23.4 Å². The highest BCUT2D eigenvalue weighted by Gasteiger charge is 2.67. The maximum Gasteiger partial charge on any atom is 0.340 e. The Labute approximate surface area is 308 Å². The maximum atomic E-state index is 15.8. The smallest absolute Gasteiger partial charge is 0.340 e. The van der Waals surface area contributed by atoms with Crippen LogP contribution in [0.1, 0.15) is 81.5 Å². The van der Waals surface area contributed by atoms with Crippen molar-refractivity contribution in [2.75, 3.05) is 7.11 Å². The summed E-state index contributed by atoms with van der Waals surface area (Å²) in [5.74, 6) is -0.525. The van der Waals surface area contributed by atoms with Gasteiger partial charge in [-0.15, -0.1) is 0 Å². The van der Waals surface area contributed by atoms with Crippen molar-refractivity contribution >= 4 is 28.4 Å². The third-order valence-corrected chi connectivity index (χ3v) is 12.1. The summed E-state index contributed by atoms with van der Waals surface area (Å²) in [5, 5.41) is 2.42. The Bertz CT molecular complexity index is 2000. The molecule has 2 aliphatic carbocycles. The predicted molar refractivity (Wildman–Crippen MR) is 208 cm³/mol. The van der Waals surface area contributed by atoms with Crippen molar-refractivity contribution in [3.63, 3.8) is 0 Å². The van der Waals surface area contributed by atoms with Crippen LogP contribution in [0, 0.1) is 17.3 Å². The maximum absolute atomic E-state index is 15.8. The summed E-state index contributed by atoms with van der Waals surface area (Å²) in [7, 11) is 1.41. The van der Waals surface area contributed by atoms with Crippen molar-refractivity contribution in [3.05, 3.63) is 156 Å². The minimum Gasteiger partial charge on any atom is -0.468 e. The van der Waals surface area contributed by atoms with E-state index >= 15 is 4.79 Å². The molecular formula is C47H49NO4. The molecule has 7 rings (SSSR count). The molecule has 266 valence electrons. The lowest BCUT2D eigenvalue weighted by molar-refractivity contribution is -0.185. The predicted octanol–water partition coefficient (Wildman–Crippen LogP) is 10.2. The van der Waals surface area contributed by atoms with E-state index in [4.69, 9.17) is 14.5 Å². The number of hydrogen-bond acceptors (Lipinski definition) is 5. The Morgan fingerprint density at radius 3 is 1.90 bits per heavy atom. The SMILES string of the molecule is COC(=O)C1([C@](N=C(c2ccccc2)c2ccccc2)(C(=O)O[C@@H]2C[C@H](C)CC[C@H]2C(C)(C)c2cccc3ccccc23)c2ccccc2)CCC1. The molecule has 5 nitrogen and oxygen atoms in total. The summed E-state index contributed by atoms with van der Waals surface area (Å²) in [5.41, 5.74) is 0.917. The van der Waals surface area contributed by atoms with Crippen molar-refractivity contribution in [2.24, 2.45) is 22.2 Å². The van der Waals surface area contributed by atoms with E-state index < -0.39 is 29.0 Å². The van der Waals surface area contributed by atoms with Crippen LogP contribution in [0.5, 0.6) is 0 Å². The summed E-state index contributed by atoms with van der Waals surface area (Å²) in [6.07, 6.45) is 3.98. The molecule has 5 aromatic rings. The third kappa shape index (κ3) is 6.14. The van der Waals surface area contributed by atoms with E-state index in [2.05, 4.69) is 63.2 Å². The van der Waals surface area contributed by atoms with Crippen molar-refractivity contribution in [3.8, 4) is 0 Å². The van der Waals surface area contributed by atoms with Gasteiger partial charge < -0.3 is 9.47 Å². The van der Waals surface area contributed by atoms with Crippen LogP contribution in [0.3, 0.4) is 0 Å². The van der Waals surface area contributed by atoms with E-state index in [0.29, 0.717) is 30.0 Å². The van der Waals surface area contributed by atoms with Crippen molar-refractivity contribution in [2.45, 2.75) is 76.4 Å². The minimum atomic E-state index is -1.71. The van der Waals surface area contributed by atoms with Gasteiger partial charge in [-0.2, -0.15) is 0 Å². The van der Waals surface area contributed by atoms with E-state index in [1.54, 1.807) is 0 Å². The Morgan fingerprint density at radius 1 is 0.731 bits per heavy atom. The number of fused-ring (bicyclic) bond motifs is 1. The second kappa shape index (κ2) is 14.5. The zero-order chi connectivity index (χ0) is 36.3. The van der Waals surface area contributed by atoms with Crippen LogP contribution < -0.4 is 0 Å². The number of carbonyl (C=O) groups excluding carboxylic acids is 2. The first kappa shape index (κ1) is 35.4. The first-order chi connectivity index (χ1) is 25.2. The molecule has 0 heterocycles. The van der Waals surface area contributed by atoms with Crippen LogP contribution in [0.2, 0.25) is 0 Å². The topological polar surface area (TPSA) is 65.0 Å². The van der Waals surface area contributed by atoms with Crippen LogP contribution in [0.15, 0.2) is 138 Å². The average Bonchev–Trinajstić information content (AvgIpc) is 3.16. The number of esters is 2. The van der Waals surface area contributed by atoms with Crippen molar-refractivity contribution in [1.82, 2.24) is 0 Å². The number of ether oxygens (including phenoxy) is 2. The molecule has 0 aromatic heterocycles. The first-order valence-corrected chi connectivity index (χ1v) is 18.8. The van der Waals surface area contributed by atoms with Crippen molar-refractivity contribution in [1.29, 1.82) is 0 Å². The number of benzene rings is 5. The Morgan fingerprint density at radius 2 is 1.31 bits per heavy atom. The highest BCUT2D eigenvalue weighted by Crippen LogP contribution is 2.58. The van der Waals surface area contributed by atoms with Crippen LogP contribution in [0.4, 0.5) is 0 Å². The number of carbonyl (C=O) groups is 2. The molecule has 5 aromatic carbocycles. The number of nitrogens with zero attached hydrogens (tertiary/aromatic N) is 1. The number of methoxy groups -OCH3 is 1. The molecule has 0 radical (unpaired) electrons. The van der Waals surface area contributed by atoms with E-state index in [0.717, 1.165) is 36.8 Å². The van der Waals surface area contributed by atoms with Gasteiger partial charge in [0.25, 0.3) is 0 Å². The largest absolute Gasteiger partial charge is 0.468 e. The summed E-state index contributed by atoms with van der Waals surface area (Å²) >= 11 is 0. The molecule has 52 heavy (non-hydrogen) atoms. The van der Waals surface area contributed by atoms with Gasteiger partial charge in [0, 0.05) is 17.0 Å². The van der Waals surface area contributed by atoms with Gasteiger partial charge in [0.05, 0.1) is 12.8 Å². The van der Waals surface area contributed by atoms with Crippen LogP contribution >= 0.6 is 0 Å². The van der Waals surface area contributed by atoms with Crippen LogP contribution in [0.25, 0.3) is 10.8 Å². The lowest BCUT2D eigenvalue weighted by atomic mass is 9.54. The van der Waals surface area contributed by atoms with Gasteiger partial charge in [-0.3, -0.25) is 9.79 Å². The van der Waals surface area contributed by atoms with Gasteiger partial charge in [0.2, 0.25) is 0 Å². The Hall–Kier alpha value is -5.03. The van der Waals surface area contributed by atoms with Gasteiger partial charge in [0.1, 0.15) is 11.5 Å². The summed E-state index contributed by atoms with van der Waals surface area (Å²) in [6, 6.07) is 44.5. The second-order valence-corrected chi connectivity index (χ2v) is 15.4. The normalized spacial score (nSPS) is 20.9. The highest BCUT2D eigenvalue weighted by molar-refractivity contribution is 6.14. The van der Waals surface area contributed by atoms with E-state index in [1.807, 2.05) is 91.0 Å². The molecule has 4 atom stereocenters. The van der Waals surface area contributed by atoms with Gasteiger partial charge >= 0.3 is 11.9 Å². The Kier molecular flexibility index (Phi) is 9.89. The Balaban J connectivity index is 1.43. The summed E-state index contributed by atoms with van der Waals surface area (Å²) in [4.78, 5) is 35.6. The molecule has 0 bridgehead atoms. The first-order valence-electron chi connectivity index (χ1n) is 18.8. The van der Waals surface area contributed by atoms with Crippen LogP contribution in [-0.2, 0) is 30.0 Å². The molecular weight excluding hydrogens is 643 g/mol. The quantitative estimate of drug-likeness (QED) is 0.108. The lowest BCUT2D eigenvalue weighted by Crippen LogP contribution is -2.60. The molecule has 0 saturated heterocycles. The molecule has 2 saturated carbocycles. The van der Waals surface area contributed by atoms with Crippen LogP contribution in [-0.4, -0.2) is 30.9 Å². The highest BCUT2D eigenvalue weighted by atomic mass is 16.5. The zero-order valence-corrected chi connectivity index (χ0v) is 30.8. The molecule has 2 aliphatic rings. The fourth-order valence-electron chi connectivity index (χ4n) is 9.08. The van der Waals surface area contributed by atoms with Crippen molar-refractivity contribution < 1.29 is 19.1 Å². The number of rotatable bonds is 10. The fraction of sp³-hybridized carbons (Fsp3) is 0.340.